The number of halogens is 1. The van der Waals surface area contributed by atoms with Crippen LogP contribution < -0.4 is 5.32 Å². The summed E-state index contributed by atoms with van der Waals surface area (Å²) in [5, 5.41) is 6.83. The van der Waals surface area contributed by atoms with Gasteiger partial charge in [0.2, 0.25) is 5.95 Å². The average molecular weight is 248 g/mol. The lowest BCUT2D eigenvalue weighted by atomic mass is 10.2. The number of anilines is 1. The molecule has 5 nitrogen and oxygen atoms in total. The molecule has 2 aromatic heterocycles. The van der Waals surface area contributed by atoms with Crippen molar-refractivity contribution in [1.82, 2.24) is 14.8 Å². The quantitative estimate of drug-likeness (QED) is 0.825. The second-order valence-electron chi connectivity index (χ2n) is 3.99. The van der Waals surface area contributed by atoms with Crippen LogP contribution in [0.2, 0.25) is 0 Å². The molecule has 94 valence electrons. The number of hydrogen-bond acceptors (Lipinski definition) is 3. The van der Waals surface area contributed by atoms with Crippen LogP contribution >= 0.6 is 0 Å². The highest BCUT2D eigenvalue weighted by Gasteiger charge is 2.17. The first-order valence-electron chi connectivity index (χ1n) is 5.42. The monoisotopic (exact) mass is 248 g/mol. The number of amides is 1. The van der Waals surface area contributed by atoms with Crippen molar-refractivity contribution >= 4 is 11.6 Å². The number of carbonyl (C=O) groups excluding carboxylic acids is 1. The highest BCUT2D eigenvalue weighted by molar-refractivity contribution is 6.05. The minimum Gasteiger partial charge on any atom is -0.320 e. The number of carbonyl (C=O) groups is 1. The maximum absolute atomic E-state index is 12.6. The maximum atomic E-state index is 12.6. The third-order valence-electron chi connectivity index (χ3n) is 2.72. The van der Waals surface area contributed by atoms with Gasteiger partial charge in [-0.05, 0) is 26.0 Å². The number of aryl methyl sites for hydroxylation is 2. The van der Waals surface area contributed by atoms with E-state index in [1.54, 1.807) is 18.7 Å². The van der Waals surface area contributed by atoms with Gasteiger partial charge < -0.3 is 5.32 Å². The number of aromatic nitrogens is 3. The minimum absolute atomic E-state index is 0.272. The van der Waals surface area contributed by atoms with Crippen LogP contribution in [0.25, 0.3) is 0 Å². The molecular formula is C12H13FN4O. The largest absolute Gasteiger partial charge is 0.320 e. The third kappa shape index (κ3) is 2.22. The molecule has 18 heavy (non-hydrogen) atoms. The van der Waals surface area contributed by atoms with Crippen molar-refractivity contribution in [2.24, 2.45) is 7.05 Å². The summed E-state index contributed by atoms with van der Waals surface area (Å²) in [5.41, 5.74) is 2.41. The van der Waals surface area contributed by atoms with Crippen molar-refractivity contribution in [3.8, 4) is 0 Å². The van der Waals surface area contributed by atoms with Crippen molar-refractivity contribution in [3.63, 3.8) is 0 Å². The second-order valence-corrected chi connectivity index (χ2v) is 3.99. The Kier molecular flexibility index (Phi) is 3.10. The number of pyridine rings is 1. The van der Waals surface area contributed by atoms with Gasteiger partial charge in [-0.2, -0.15) is 9.49 Å². The van der Waals surface area contributed by atoms with Crippen LogP contribution in [0.3, 0.4) is 0 Å². The van der Waals surface area contributed by atoms with Crippen molar-refractivity contribution < 1.29 is 9.18 Å². The van der Waals surface area contributed by atoms with Gasteiger partial charge in [-0.25, -0.2) is 4.98 Å². The first-order chi connectivity index (χ1) is 8.49. The molecule has 0 aliphatic carbocycles. The van der Waals surface area contributed by atoms with E-state index in [2.05, 4.69) is 15.4 Å². The zero-order chi connectivity index (χ0) is 13.3. The number of rotatable bonds is 2. The van der Waals surface area contributed by atoms with E-state index in [0.717, 1.165) is 5.69 Å². The Balaban J connectivity index is 2.24. The van der Waals surface area contributed by atoms with E-state index < -0.39 is 5.95 Å². The van der Waals surface area contributed by atoms with Gasteiger partial charge in [-0.3, -0.25) is 9.48 Å². The van der Waals surface area contributed by atoms with Crippen LogP contribution in [0.1, 0.15) is 21.7 Å². The summed E-state index contributed by atoms with van der Waals surface area (Å²) in [6.45, 7) is 3.59. The molecule has 0 radical (unpaired) electrons. The lowest BCUT2D eigenvalue weighted by Gasteiger charge is -2.04. The lowest BCUT2D eigenvalue weighted by Crippen LogP contribution is -2.14. The van der Waals surface area contributed by atoms with Crippen LogP contribution in [-0.4, -0.2) is 20.7 Å². The van der Waals surface area contributed by atoms with E-state index in [4.69, 9.17) is 0 Å². The number of nitrogens with zero attached hydrogens (tertiary/aromatic N) is 3. The Morgan fingerprint density at radius 3 is 2.61 bits per heavy atom. The molecule has 0 fully saturated rings. The van der Waals surface area contributed by atoms with Gasteiger partial charge in [-0.1, -0.05) is 0 Å². The van der Waals surface area contributed by atoms with E-state index >= 15 is 0 Å². The summed E-state index contributed by atoms with van der Waals surface area (Å²) in [5.74, 6) is -0.853. The average Bonchev–Trinajstić information content (AvgIpc) is 2.56. The Labute approximate surface area is 104 Å². The van der Waals surface area contributed by atoms with Crippen LogP contribution in [0, 0.1) is 19.8 Å². The van der Waals surface area contributed by atoms with Gasteiger partial charge in [0.05, 0.1) is 23.1 Å². The molecule has 0 unspecified atom stereocenters. The van der Waals surface area contributed by atoms with Crippen molar-refractivity contribution in [1.29, 1.82) is 0 Å². The number of hydrogen-bond donors (Lipinski definition) is 1. The second kappa shape index (κ2) is 4.56. The van der Waals surface area contributed by atoms with Crippen LogP contribution in [0.4, 0.5) is 10.1 Å². The molecule has 1 amide bonds. The van der Waals surface area contributed by atoms with Gasteiger partial charge in [0.1, 0.15) is 0 Å². The zero-order valence-corrected chi connectivity index (χ0v) is 10.4. The van der Waals surface area contributed by atoms with E-state index in [-0.39, 0.29) is 5.91 Å². The molecule has 0 aromatic carbocycles. The molecule has 0 bridgehead atoms. The summed E-state index contributed by atoms with van der Waals surface area (Å²) < 4.78 is 14.3. The molecule has 2 heterocycles. The Morgan fingerprint density at radius 1 is 1.39 bits per heavy atom. The van der Waals surface area contributed by atoms with Crippen LogP contribution in [0.15, 0.2) is 18.3 Å². The van der Waals surface area contributed by atoms with Crippen LogP contribution in [0.5, 0.6) is 0 Å². The first-order valence-corrected chi connectivity index (χ1v) is 5.42. The van der Waals surface area contributed by atoms with Crippen molar-refractivity contribution in [3.05, 3.63) is 41.2 Å². The van der Waals surface area contributed by atoms with E-state index in [1.807, 2.05) is 6.92 Å². The molecule has 0 atom stereocenters. The predicted octanol–water partition coefficient (Wildman–Crippen LogP) is 1.82. The van der Waals surface area contributed by atoms with Gasteiger partial charge >= 0.3 is 0 Å². The summed E-state index contributed by atoms with van der Waals surface area (Å²) in [4.78, 5) is 15.5. The zero-order valence-electron chi connectivity index (χ0n) is 10.4. The fourth-order valence-electron chi connectivity index (χ4n) is 1.75. The molecule has 2 rings (SSSR count). The van der Waals surface area contributed by atoms with Crippen molar-refractivity contribution in [2.75, 3.05) is 5.32 Å². The predicted molar refractivity (Wildman–Crippen MR) is 64.8 cm³/mol. The first kappa shape index (κ1) is 12.2. The summed E-state index contributed by atoms with van der Waals surface area (Å²) in [7, 11) is 1.78. The fourth-order valence-corrected chi connectivity index (χ4v) is 1.75. The lowest BCUT2D eigenvalue weighted by molar-refractivity contribution is 0.102. The Hall–Kier alpha value is -2.24. The molecule has 0 aliphatic rings. The summed E-state index contributed by atoms with van der Waals surface area (Å²) in [6.07, 6.45) is 1.27. The highest BCUT2D eigenvalue weighted by atomic mass is 19.1. The molecule has 0 spiro atoms. The third-order valence-corrected chi connectivity index (χ3v) is 2.72. The summed E-state index contributed by atoms with van der Waals surface area (Å²) >= 11 is 0. The SMILES string of the molecule is Cc1nn(C)c(C)c1C(=O)Nc1ccc(F)nc1. The van der Waals surface area contributed by atoms with Gasteiger partial charge in [-0.15, -0.1) is 0 Å². The molecule has 0 saturated carbocycles. The summed E-state index contributed by atoms with van der Waals surface area (Å²) in [6, 6.07) is 2.65. The Bertz CT molecular complexity index is 589. The topological polar surface area (TPSA) is 59.8 Å². The molecule has 2 aromatic rings. The van der Waals surface area contributed by atoms with E-state index in [1.165, 1.54) is 18.3 Å². The van der Waals surface area contributed by atoms with Crippen LogP contribution in [-0.2, 0) is 7.05 Å². The van der Waals surface area contributed by atoms with E-state index in [0.29, 0.717) is 16.9 Å². The number of nitrogens with one attached hydrogen (secondary N) is 1. The maximum Gasteiger partial charge on any atom is 0.259 e. The van der Waals surface area contributed by atoms with Gasteiger partial charge in [0.15, 0.2) is 0 Å². The molecular weight excluding hydrogens is 235 g/mol. The smallest absolute Gasteiger partial charge is 0.259 e. The molecule has 1 N–H and O–H groups in total. The normalized spacial score (nSPS) is 10.4. The van der Waals surface area contributed by atoms with E-state index in [9.17, 15) is 9.18 Å². The Morgan fingerprint density at radius 2 is 2.11 bits per heavy atom. The van der Waals surface area contributed by atoms with Gasteiger partial charge in [0, 0.05) is 12.7 Å². The molecule has 0 aliphatic heterocycles. The molecule has 0 saturated heterocycles. The van der Waals surface area contributed by atoms with Crippen molar-refractivity contribution in [2.45, 2.75) is 13.8 Å². The minimum atomic E-state index is -0.582. The highest BCUT2D eigenvalue weighted by Crippen LogP contribution is 2.14. The fraction of sp³-hybridized carbons (Fsp3) is 0.250. The van der Waals surface area contributed by atoms with Gasteiger partial charge in [0.25, 0.3) is 5.91 Å². The standard InChI is InChI=1S/C12H13FN4O/c1-7-11(8(2)17(3)16-7)12(18)15-9-4-5-10(13)14-6-9/h4-6H,1-3H3,(H,15,18). The molecule has 6 heteroatoms.